The first-order valence-corrected chi connectivity index (χ1v) is 12.4. The number of rotatable bonds is 6. The number of alkyl halides is 3. The Kier molecular flexibility index (Phi) is 7.39. The highest BCUT2D eigenvalue weighted by atomic mass is 19.4. The summed E-state index contributed by atoms with van der Waals surface area (Å²) in [5, 5.41) is 2.57. The summed E-state index contributed by atoms with van der Waals surface area (Å²) in [7, 11) is 0. The van der Waals surface area contributed by atoms with Crippen LogP contribution in [0, 0.1) is 5.82 Å². The fraction of sp³-hybridized carbons (Fsp3) is 0.0645. The lowest BCUT2D eigenvalue weighted by Crippen LogP contribution is -2.27. The van der Waals surface area contributed by atoms with E-state index in [0.29, 0.717) is 21.6 Å². The number of nitrogen functional groups attached to an aromatic ring is 1. The lowest BCUT2D eigenvalue weighted by atomic mass is 10.0. The summed E-state index contributed by atoms with van der Waals surface area (Å²) in [6.07, 6.45) is -1.08. The molecule has 0 saturated carbocycles. The highest BCUT2D eigenvalue weighted by molar-refractivity contribution is 6.04. The van der Waals surface area contributed by atoms with Crippen LogP contribution in [-0.4, -0.2) is 21.6 Å². The second-order valence-electron chi connectivity index (χ2n) is 9.26. The zero-order valence-corrected chi connectivity index (χ0v) is 21.3. The molecule has 1 amide bonds. The van der Waals surface area contributed by atoms with E-state index in [4.69, 9.17) is 5.73 Å². The van der Waals surface area contributed by atoms with Crippen LogP contribution in [0.4, 0.5) is 29.1 Å². The van der Waals surface area contributed by atoms with Crippen molar-refractivity contribution < 1.29 is 22.4 Å². The third-order valence-corrected chi connectivity index (χ3v) is 6.32. The molecule has 3 N–H and O–H groups in total. The standard InChI is InChI=1S/C31H22F4N4O2/c32-23-10-6-21(7-11-23)26-16-39(18-31(33,34)35)17-27(28(26)40)30(41)38-24-12-8-20(9-13-24)25-14-22(15-37-29(25)36)19-4-2-1-3-5-19/h1-17H,18H2,(H2,36,37)(H,38,41). The molecule has 5 rings (SSSR count). The van der Waals surface area contributed by atoms with Gasteiger partial charge in [0.05, 0.1) is 0 Å². The molecule has 0 spiro atoms. The fourth-order valence-corrected chi connectivity index (χ4v) is 4.35. The molecule has 2 heterocycles. The van der Waals surface area contributed by atoms with Gasteiger partial charge in [0.2, 0.25) is 5.43 Å². The van der Waals surface area contributed by atoms with Gasteiger partial charge in [0.15, 0.2) is 0 Å². The van der Waals surface area contributed by atoms with Crippen molar-refractivity contribution in [1.82, 2.24) is 9.55 Å². The molecule has 0 radical (unpaired) electrons. The Morgan fingerprint density at radius 2 is 1.46 bits per heavy atom. The largest absolute Gasteiger partial charge is 0.406 e. The van der Waals surface area contributed by atoms with Crippen molar-refractivity contribution in [3.05, 3.63) is 125 Å². The molecule has 0 bridgehead atoms. The molecule has 6 nitrogen and oxygen atoms in total. The van der Waals surface area contributed by atoms with E-state index >= 15 is 0 Å². The predicted octanol–water partition coefficient (Wildman–Crippen LogP) is 6.78. The maximum absolute atomic E-state index is 13.4. The van der Waals surface area contributed by atoms with E-state index in [1.807, 2.05) is 36.4 Å². The van der Waals surface area contributed by atoms with Crippen molar-refractivity contribution in [1.29, 1.82) is 0 Å². The zero-order chi connectivity index (χ0) is 29.1. The van der Waals surface area contributed by atoms with Gasteiger partial charge in [0.1, 0.15) is 23.7 Å². The first kappa shape index (κ1) is 27.3. The van der Waals surface area contributed by atoms with Gasteiger partial charge in [-0.25, -0.2) is 9.37 Å². The van der Waals surface area contributed by atoms with E-state index in [1.54, 1.807) is 30.5 Å². The average molecular weight is 559 g/mol. The number of anilines is 2. The van der Waals surface area contributed by atoms with Crippen molar-refractivity contribution in [2.45, 2.75) is 12.7 Å². The molecule has 3 aromatic carbocycles. The summed E-state index contributed by atoms with van der Waals surface area (Å²) in [6, 6.07) is 22.8. The number of hydrogen-bond acceptors (Lipinski definition) is 4. The molecule has 0 fully saturated rings. The Morgan fingerprint density at radius 3 is 2.12 bits per heavy atom. The topological polar surface area (TPSA) is 90.0 Å². The molecule has 0 unspecified atom stereocenters. The number of carbonyl (C=O) groups excluding carboxylic acids is 1. The Balaban J connectivity index is 1.44. The van der Waals surface area contributed by atoms with E-state index in [9.17, 15) is 27.2 Å². The van der Waals surface area contributed by atoms with Crippen molar-refractivity contribution >= 4 is 17.4 Å². The maximum atomic E-state index is 13.4. The van der Waals surface area contributed by atoms with Crippen LogP contribution in [-0.2, 0) is 6.54 Å². The number of carbonyl (C=O) groups is 1. The van der Waals surface area contributed by atoms with E-state index in [2.05, 4.69) is 10.3 Å². The van der Waals surface area contributed by atoms with Gasteiger partial charge in [0, 0.05) is 41.0 Å². The Bertz CT molecular complexity index is 1770. The van der Waals surface area contributed by atoms with Crippen LogP contribution in [0.1, 0.15) is 10.4 Å². The van der Waals surface area contributed by atoms with Gasteiger partial charge >= 0.3 is 6.18 Å². The molecular weight excluding hydrogens is 536 g/mol. The van der Waals surface area contributed by atoms with Crippen LogP contribution in [0.2, 0.25) is 0 Å². The molecule has 2 aromatic heterocycles. The van der Waals surface area contributed by atoms with Crippen LogP contribution in [0.3, 0.4) is 0 Å². The molecule has 0 aliphatic carbocycles. The summed E-state index contributed by atoms with van der Waals surface area (Å²) in [4.78, 5) is 30.6. The number of nitrogens with zero attached hydrogens (tertiary/aromatic N) is 2. The zero-order valence-electron chi connectivity index (χ0n) is 21.3. The summed E-state index contributed by atoms with van der Waals surface area (Å²) >= 11 is 0. The number of amides is 1. The first-order valence-electron chi connectivity index (χ1n) is 12.4. The Labute approximate surface area is 231 Å². The number of nitrogens with one attached hydrogen (secondary N) is 1. The van der Waals surface area contributed by atoms with Crippen LogP contribution in [0.25, 0.3) is 33.4 Å². The fourth-order valence-electron chi connectivity index (χ4n) is 4.35. The lowest BCUT2D eigenvalue weighted by Gasteiger charge is -2.14. The van der Waals surface area contributed by atoms with Crippen LogP contribution < -0.4 is 16.5 Å². The molecule has 0 aliphatic rings. The third-order valence-electron chi connectivity index (χ3n) is 6.32. The first-order chi connectivity index (χ1) is 19.6. The monoisotopic (exact) mass is 558 g/mol. The summed E-state index contributed by atoms with van der Waals surface area (Å²) in [5.41, 5.74) is 8.36. The Morgan fingerprint density at radius 1 is 0.829 bits per heavy atom. The molecular formula is C31H22F4N4O2. The number of nitrogens with two attached hydrogens (primary N) is 1. The van der Waals surface area contributed by atoms with Gasteiger partial charge in [-0.2, -0.15) is 13.2 Å². The molecule has 0 atom stereocenters. The highest BCUT2D eigenvalue weighted by Gasteiger charge is 2.29. The summed E-state index contributed by atoms with van der Waals surface area (Å²) in [6.45, 7) is -1.42. The summed E-state index contributed by atoms with van der Waals surface area (Å²) < 4.78 is 53.6. The number of aromatic nitrogens is 2. The van der Waals surface area contributed by atoms with E-state index in [0.717, 1.165) is 41.2 Å². The van der Waals surface area contributed by atoms with Gasteiger partial charge in [0.25, 0.3) is 5.91 Å². The van der Waals surface area contributed by atoms with E-state index < -0.39 is 35.4 Å². The van der Waals surface area contributed by atoms with Gasteiger partial charge < -0.3 is 15.6 Å². The van der Waals surface area contributed by atoms with Crippen LogP contribution in [0.15, 0.2) is 108 Å². The summed E-state index contributed by atoms with van der Waals surface area (Å²) in [5.74, 6) is -1.16. The van der Waals surface area contributed by atoms with Gasteiger partial charge in [-0.15, -0.1) is 0 Å². The Hall–Kier alpha value is -5.25. The lowest BCUT2D eigenvalue weighted by molar-refractivity contribution is -0.140. The normalized spacial score (nSPS) is 11.3. The molecule has 5 aromatic rings. The number of hydrogen-bond donors (Lipinski definition) is 2. The highest BCUT2D eigenvalue weighted by Crippen LogP contribution is 2.30. The number of benzene rings is 3. The van der Waals surface area contributed by atoms with E-state index in [-0.39, 0.29) is 11.1 Å². The smallest absolute Gasteiger partial charge is 0.383 e. The second kappa shape index (κ2) is 11.1. The predicted molar refractivity (Wildman–Crippen MR) is 150 cm³/mol. The van der Waals surface area contributed by atoms with Crippen molar-refractivity contribution in [3.8, 4) is 33.4 Å². The quantitative estimate of drug-likeness (QED) is 0.225. The van der Waals surface area contributed by atoms with Crippen molar-refractivity contribution in [3.63, 3.8) is 0 Å². The number of halogens is 4. The average Bonchev–Trinajstić information content (AvgIpc) is 2.95. The minimum atomic E-state index is -4.60. The second-order valence-corrected chi connectivity index (χ2v) is 9.26. The van der Waals surface area contributed by atoms with E-state index in [1.165, 1.54) is 12.1 Å². The van der Waals surface area contributed by atoms with Gasteiger partial charge in [-0.3, -0.25) is 9.59 Å². The van der Waals surface area contributed by atoms with Crippen molar-refractivity contribution in [2.75, 3.05) is 11.1 Å². The van der Waals surface area contributed by atoms with Crippen molar-refractivity contribution in [2.24, 2.45) is 0 Å². The van der Waals surface area contributed by atoms with Crippen LogP contribution in [0.5, 0.6) is 0 Å². The minimum Gasteiger partial charge on any atom is -0.383 e. The maximum Gasteiger partial charge on any atom is 0.406 e. The third kappa shape index (κ3) is 6.33. The molecule has 0 aliphatic heterocycles. The SMILES string of the molecule is Nc1ncc(-c2ccccc2)cc1-c1ccc(NC(=O)c2cn(CC(F)(F)F)cc(-c3ccc(F)cc3)c2=O)cc1. The van der Waals surface area contributed by atoms with Gasteiger partial charge in [-0.1, -0.05) is 54.6 Å². The van der Waals surface area contributed by atoms with Crippen LogP contribution >= 0.6 is 0 Å². The molecule has 206 valence electrons. The number of pyridine rings is 2. The molecule has 10 heteroatoms. The molecule has 41 heavy (non-hydrogen) atoms. The minimum absolute atomic E-state index is 0.168. The molecule has 0 saturated heterocycles. The van der Waals surface area contributed by atoms with Gasteiger partial charge in [-0.05, 0) is 47.0 Å².